The highest BCUT2D eigenvalue weighted by Gasteiger charge is 2.11. The molecule has 3 nitrogen and oxygen atoms in total. The van der Waals surface area contributed by atoms with E-state index >= 15 is 0 Å². The molecular formula is C21H24N2O. The normalized spacial score (nSPS) is 11.2. The van der Waals surface area contributed by atoms with Gasteiger partial charge in [-0.1, -0.05) is 45.0 Å². The summed E-state index contributed by atoms with van der Waals surface area (Å²) in [5, 5.41) is 4.24. The van der Waals surface area contributed by atoms with Crippen LogP contribution in [0.15, 0.2) is 54.7 Å². The fraction of sp³-hybridized carbons (Fsp3) is 0.286. The Kier molecular flexibility index (Phi) is 4.70. The van der Waals surface area contributed by atoms with Crippen LogP contribution in [-0.4, -0.2) is 10.5 Å². The van der Waals surface area contributed by atoms with Crippen LogP contribution in [-0.2, 0) is 17.8 Å². The minimum atomic E-state index is 0.000156. The van der Waals surface area contributed by atoms with Gasteiger partial charge >= 0.3 is 0 Å². The molecule has 0 atom stereocenters. The molecule has 124 valence electrons. The van der Waals surface area contributed by atoms with Gasteiger partial charge in [-0.15, -0.1) is 0 Å². The topological polar surface area (TPSA) is 34.0 Å². The number of nitrogens with one attached hydrogen (secondary N) is 1. The molecule has 24 heavy (non-hydrogen) atoms. The van der Waals surface area contributed by atoms with E-state index in [1.807, 2.05) is 29.0 Å². The van der Waals surface area contributed by atoms with Crippen molar-refractivity contribution in [2.75, 3.05) is 5.32 Å². The van der Waals surface area contributed by atoms with Crippen LogP contribution >= 0.6 is 0 Å². The summed E-state index contributed by atoms with van der Waals surface area (Å²) in [6.45, 7) is 6.74. The molecule has 0 aliphatic heterocycles. The van der Waals surface area contributed by atoms with Gasteiger partial charge in [-0.3, -0.25) is 4.79 Å². The number of para-hydroxylation sites is 1. The molecule has 0 unspecified atom stereocenters. The fourth-order valence-electron chi connectivity index (χ4n) is 3.07. The van der Waals surface area contributed by atoms with Gasteiger partial charge in [0, 0.05) is 17.4 Å². The summed E-state index contributed by atoms with van der Waals surface area (Å²) in [5.74, 6) is 0.376. The molecule has 0 bridgehead atoms. The number of amides is 1. The number of hydrogen-bond donors (Lipinski definition) is 1. The molecule has 0 saturated carbocycles. The molecular weight excluding hydrogens is 296 g/mol. The van der Waals surface area contributed by atoms with Gasteiger partial charge in [0.2, 0.25) is 5.91 Å². The lowest BCUT2D eigenvalue weighted by Gasteiger charge is -2.14. The largest absolute Gasteiger partial charge is 0.338 e. The number of carbonyl (C=O) groups excluding carboxylic acids is 1. The predicted octanol–water partition coefficient (Wildman–Crippen LogP) is 4.97. The van der Waals surface area contributed by atoms with Crippen LogP contribution < -0.4 is 5.32 Å². The maximum atomic E-state index is 12.5. The molecule has 0 radical (unpaired) electrons. The summed E-state index contributed by atoms with van der Waals surface area (Å²) in [6, 6.07) is 16.5. The first-order valence-electron chi connectivity index (χ1n) is 8.55. The van der Waals surface area contributed by atoms with Gasteiger partial charge in [0.15, 0.2) is 0 Å². The maximum absolute atomic E-state index is 12.5. The van der Waals surface area contributed by atoms with Gasteiger partial charge < -0.3 is 9.88 Å². The number of carbonyl (C=O) groups is 1. The summed E-state index contributed by atoms with van der Waals surface area (Å²) in [6.07, 6.45) is 3.01. The van der Waals surface area contributed by atoms with E-state index in [-0.39, 0.29) is 5.91 Å². The third kappa shape index (κ3) is 3.35. The van der Waals surface area contributed by atoms with Crippen LogP contribution in [0.25, 0.3) is 10.9 Å². The minimum absolute atomic E-state index is 0.000156. The van der Waals surface area contributed by atoms with E-state index < -0.39 is 0 Å². The Labute approximate surface area is 143 Å². The number of benzene rings is 2. The highest BCUT2D eigenvalue weighted by Crippen LogP contribution is 2.24. The number of aromatic nitrogens is 1. The Hall–Kier alpha value is -2.55. The molecule has 2 aromatic carbocycles. The Morgan fingerprint density at radius 3 is 2.67 bits per heavy atom. The van der Waals surface area contributed by atoms with Crippen molar-refractivity contribution in [2.45, 2.75) is 39.7 Å². The van der Waals surface area contributed by atoms with Crippen molar-refractivity contribution in [1.82, 2.24) is 4.57 Å². The molecule has 1 amide bonds. The molecule has 0 aliphatic carbocycles. The molecule has 0 saturated heterocycles. The van der Waals surface area contributed by atoms with Gasteiger partial charge in [-0.05, 0) is 53.1 Å². The highest BCUT2D eigenvalue weighted by atomic mass is 16.1. The van der Waals surface area contributed by atoms with E-state index in [9.17, 15) is 4.79 Å². The molecule has 3 rings (SSSR count). The van der Waals surface area contributed by atoms with Crippen molar-refractivity contribution in [3.05, 3.63) is 65.9 Å². The number of nitrogens with zero attached hydrogens (tertiary/aromatic N) is 1. The second-order valence-corrected chi connectivity index (χ2v) is 6.48. The SMILES string of the molecule is CCc1ccc2c(ccn2CC(=O)Nc2ccccc2C(C)C)c1. The van der Waals surface area contributed by atoms with Crippen LogP contribution in [0.5, 0.6) is 0 Å². The molecule has 1 aromatic heterocycles. The van der Waals surface area contributed by atoms with Gasteiger partial charge in [0.05, 0.1) is 0 Å². The molecule has 3 aromatic rings. The summed E-state index contributed by atoms with van der Waals surface area (Å²) in [4.78, 5) is 12.5. The first kappa shape index (κ1) is 16.3. The van der Waals surface area contributed by atoms with Crippen LogP contribution in [0.1, 0.15) is 37.8 Å². The lowest BCUT2D eigenvalue weighted by atomic mass is 10.0. The molecule has 1 heterocycles. The van der Waals surface area contributed by atoms with Crippen LogP contribution in [0, 0.1) is 0 Å². The quantitative estimate of drug-likeness (QED) is 0.708. The van der Waals surface area contributed by atoms with Crippen LogP contribution in [0.4, 0.5) is 5.69 Å². The second kappa shape index (κ2) is 6.91. The van der Waals surface area contributed by atoms with Gasteiger partial charge in [-0.2, -0.15) is 0 Å². The number of rotatable bonds is 5. The van der Waals surface area contributed by atoms with Gasteiger partial charge in [0.25, 0.3) is 0 Å². The van der Waals surface area contributed by atoms with Crippen LogP contribution in [0.2, 0.25) is 0 Å². The summed E-state index contributed by atoms with van der Waals surface area (Å²) in [7, 11) is 0. The van der Waals surface area contributed by atoms with Crippen molar-refractivity contribution in [3.8, 4) is 0 Å². The van der Waals surface area contributed by atoms with E-state index in [0.717, 1.165) is 23.2 Å². The Balaban J connectivity index is 1.78. The number of aryl methyl sites for hydroxylation is 1. The van der Waals surface area contributed by atoms with Crippen molar-refractivity contribution in [3.63, 3.8) is 0 Å². The zero-order valence-corrected chi connectivity index (χ0v) is 14.5. The molecule has 1 N–H and O–H groups in total. The average Bonchev–Trinajstić information content (AvgIpc) is 2.97. The Morgan fingerprint density at radius 1 is 1.12 bits per heavy atom. The summed E-state index contributed by atoms with van der Waals surface area (Å²) >= 11 is 0. The van der Waals surface area contributed by atoms with Gasteiger partial charge in [-0.25, -0.2) is 0 Å². The maximum Gasteiger partial charge on any atom is 0.244 e. The Morgan fingerprint density at radius 2 is 1.92 bits per heavy atom. The fourth-order valence-corrected chi connectivity index (χ4v) is 3.07. The summed E-state index contributed by atoms with van der Waals surface area (Å²) in [5.41, 5.74) is 4.48. The first-order chi connectivity index (χ1) is 11.6. The second-order valence-electron chi connectivity index (χ2n) is 6.48. The molecule has 3 heteroatoms. The van der Waals surface area contributed by atoms with Crippen molar-refractivity contribution >= 4 is 22.5 Å². The number of fused-ring (bicyclic) bond motifs is 1. The standard InChI is InChI=1S/C21H24N2O/c1-4-16-9-10-20-17(13-16)11-12-23(20)14-21(24)22-19-8-6-5-7-18(19)15(2)3/h5-13,15H,4,14H2,1-3H3,(H,22,24). The molecule has 0 spiro atoms. The van der Waals surface area contributed by atoms with Crippen molar-refractivity contribution in [1.29, 1.82) is 0 Å². The van der Waals surface area contributed by atoms with E-state index in [2.05, 4.69) is 56.4 Å². The van der Waals surface area contributed by atoms with Crippen molar-refractivity contribution in [2.24, 2.45) is 0 Å². The number of hydrogen-bond acceptors (Lipinski definition) is 1. The number of anilines is 1. The third-order valence-electron chi connectivity index (χ3n) is 4.41. The minimum Gasteiger partial charge on any atom is -0.338 e. The van der Waals surface area contributed by atoms with Gasteiger partial charge in [0.1, 0.15) is 6.54 Å². The molecule has 0 fully saturated rings. The zero-order valence-electron chi connectivity index (χ0n) is 14.5. The van der Waals surface area contributed by atoms with E-state index in [1.165, 1.54) is 10.9 Å². The monoisotopic (exact) mass is 320 g/mol. The van der Waals surface area contributed by atoms with E-state index in [1.54, 1.807) is 0 Å². The third-order valence-corrected chi connectivity index (χ3v) is 4.41. The lowest BCUT2D eigenvalue weighted by molar-refractivity contribution is -0.116. The smallest absolute Gasteiger partial charge is 0.244 e. The highest BCUT2D eigenvalue weighted by molar-refractivity contribution is 5.92. The first-order valence-corrected chi connectivity index (χ1v) is 8.55. The van der Waals surface area contributed by atoms with Crippen molar-refractivity contribution < 1.29 is 4.79 Å². The van der Waals surface area contributed by atoms with E-state index in [4.69, 9.17) is 0 Å². The predicted molar refractivity (Wildman–Crippen MR) is 100 cm³/mol. The lowest BCUT2D eigenvalue weighted by Crippen LogP contribution is -2.19. The van der Waals surface area contributed by atoms with E-state index in [0.29, 0.717) is 12.5 Å². The zero-order chi connectivity index (χ0) is 17.1. The Bertz CT molecular complexity index is 861. The van der Waals surface area contributed by atoms with Crippen LogP contribution in [0.3, 0.4) is 0 Å². The average molecular weight is 320 g/mol. The summed E-state index contributed by atoms with van der Waals surface area (Å²) < 4.78 is 2.00. The molecule has 0 aliphatic rings.